The highest BCUT2D eigenvalue weighted by Gasteiger charge is 2.36. The zero-order valence-corrected chi connectivity index (χ0v) is 13.9. The number of benzene rings is 1. The summed E-state index contributed by atoms with van der Waals surface area (Å²) < 4.78 is 5.28. The van der Waals surface area contributed by atoms with Gasteiger partial charge in [0.1, 0.15) is 0 Å². The van der Waals surface area contributed by atoms with Gasteiger partial charge in [-0.25, -0.2) is 0 Å². The number of carbonyl (C=O) groups is 3. The number of carboxylic acids is 1. The third-order valence-electron chi connectivity index (χ3n) is 4.64. The van der Waals surface area contributed by atoms with E-state index < -0.39 is 11.5 Å². The molecule has 1 aromatic carbocycles. The molecular weight excluding hydrogens is 324 g/mol. The second-order valence-corrected chi connectivity index (χ2v) is 6.74. The average Bonchev–Trinajstić information content (AvgIpc) is 3.39. The molecule has 0 bridgehead atoms. The lowest BCUT2D eigenvalue weighted by Crippen LogP contribution is -2.53. The van der Waals surface area contributed by atoms with Gasteiger partial charge in [-0.1, -0.05) is 0 Å². The lowest BCUT2D eigenvalue weighted by atomic mass is 9.86. The van der Waals surface area contributed by atoms with Crippen molar-refractivity contribution < 1.29 is 24.2 Å². The third kappa shape index (κ3) is 4.57. The van der Waals surface area contributed by atoms with Crippen LogP contribution in [0.1, 0.15) is 52.8 Å². The number of nitrogens with one attached hydrogen (secondary N) is 2. The van der Waals surface area contributed by atoms with E-state index in [0.29, 0.717) is 37.2 Å². The molecule has 2 aliphatic rings. The van der Waals surface area contributed by atoms with Crippen LogP contribution >= 0.6 is 0 Å². The summed E-state index contributed by atoms with van der Waals surface area (Å²) in [5.74, 6) is -1.42. The van der Waals surface area contributed by atoms with Gasteiger partial charge in [-0.15, -0.1) is 0 Å². The van der Waals surface area contributed by atoms with Crippen LogP contribution in [0, 0.1) is 0 Å². The Bertz CT molecular complexity index is 661. The van der Waals surface area contributed by atoms with Crippen LogP contribution in [0.2, 0.25) is 0 Å². The molecule has 2 amide bonds. The number of amides is 2. The largest absolute Gasteiger partial charge is 0.481 e. The molecule has 0 spiro atoms. The van der Waals surface area contributed by atoms with Gasteiger partial charge in [-0.3, -0.25) is 14.4 Å². The van der Waals surface area contributed by atoms with Crippen LogP contribution in [-0.2, 0) is 9.53 Å². The zero-order chi connectivity index (χ0) is 17.9. The molecule has 2 fully saturated rings. The molecular formula is C18H22N2O5. The molecule has 1 aliphatic carbocycles. The van der Waals surface area contributed by atoms with Crippen LogP contribution in [-0.4, -0.2) is 47.7 Å². The first-order valence-electron chi connectivity index (χ1n) is 8.50. The number of hydrogen-bond donors (Lipinski definition) is 3. The van der Waals surface area contributed by atoms with Crippen LogP contribution in [0.5, 0.6) is 0 Å². The standard InChI is InChI=1S/C18H22N2O5/c21-15(22)11-18(7-9-25-10-8-18)20-17(24)13-3-1-12(2-4-13)16(23)19-14-5-6-14/h1-4,14H,5-11H2,(H,19,23)(H,20,24)(H,21,22). The predicted octanol–water partition coefficient (Wildman–Crippen LogP) is 1.33. The van der Waals surface area contributed by atoms with Crippen LogP contribution < -0.4 is 10.6 Å². The molecule has 0 unspecified atom stereocenters. The smallest absolute Gasteiger partial charge is 0.305 e. The van der Waals surface area contributed by atoms with Gasteiger partial charge in [0.05, 0.1) is 12.0 Å². The zero-order valence-electron chi connectivity index (χ0n) is 13.9. The first-order chi connectivity index (χ1) is 12.0. The number of carbonyl (C=O) groups excluding carboxylic acids is 2. The van der Waals surface area contributed by atoms with Gasteiger partial charge in [-0.2, -0.15) is 0 Å². The lowest BCUT2D eigenvalue weighted by molar-refractivity contribution is -0.139. The molecule has 0 radical (unpaired) electrons. The molecule has 7 heteroatoms. The van der Waals surface area contributed by atoms with Gasteiger partial charge in [0.25, 0.3) is 11.8 Å². The highest BCUT2D eigenvalue weighted by atomic mass is 16.5. The quantitative estimate of drug-likeness (QED) is 0.721. The molecule has 1 saturated heterocycles. The van der Waals surface area contributed by atoms with Crippen molar-refractivity contribution in [3.05, 3.63) is 35.4 Å². The van der Waals surface area contributed by atoms with Gasteiger partial charge < -0.3 is 20.5 Å². The van der Waals surface area contributed by atoms with Gasteiger partial charge in [0.2, 0.25) is 0 Å². The average molecular weight is 346 g/mol. The van der Waals surface area contributed by atoms with Crippen molar-refractivity contribution in [2.75, 3.05) is 13.2 Å². The minimum absolute atomic E-state index is 0.135. The Morgan fingerprint density at radius 3 is 2.12 bits per heavy atom. The molecule has 0 atom stereocenters. The van der Waals surface area contributed by atoms with E-state index in [1.54, 1.807) is 24.3 Å². The molecule has 25 heavy (non-hydrogen) atoms. The van der Waals surface area contributed by atoms with Crippen molar-refractivity contribution in [3.8, 4) is 0 Å². The second-order valence-electron chi connectivity index (χ2n) is 6.74. The molecule has 3 N–H and O–H groups in total. The summed E-state index contributed by atoms with van der Waals surface area (Å²) in [6.07, 6.45) is 2.83. The summed E-state index contributed by atoms with van der Waals surface area (Å²) in [6, 6.07) is 6.68. The first kappa shape index (κ1) is 17.4. The fourth-order valence-corrected chi connectivity index (χ4v) is 2.98. The minimum Gasteiger partial charge on any atom is -0.481 e. The predicted molar refractivity (Wildman–Crippen MR) is 89.4 cm³/mol. The highest BCUT2D eigenvalue weighted by Crippen LogP contribution is 2.25. The SMILES string of the molecule is O=C(O)CC1(NC(=O)c2ccc(C(=O)NC3CC3)cc2)CCOCC1. The highest BCUT2D eigenvalue weighted by molar-refractivity contribution is 5.98. The van der Waals surface area contributed by atoms with E-state index in [1.807, 2.05) is 0 Å². The number of ether oxygens (including phenoxy) is 1. The molecule has 134 valence electrons. The molecule has 3 rings (SSSR count). The van der Waals surface area contributed by atoms with Gasteiger partial charge in [-0.05, 0) is 49.9 Å². The Morgan fingerprint density at radius 2 is 1.60 bits per heavy atom. The summed E-state index contributed by atoms with van der Waals surface area (Å²) in [7, 11) is 0. The normalized spacial score (nSPS) is 19.0. The van der Waals surface area contributed by atoms with Crippen LogP contribution in [0.25, 0.3) is 0 Å². The second kappa shape index (κ2) is 7.23. The first-order valence-corrected chi connectivity index (χ1v) is 8.50. The summed E-state index contributed by atoms with van der Waals surface area (Å²) in [6.45, 7) is 0.849. The number of carboxylic acid groups (broad SMARTS) is 1. The number of hydrogen-bond acceptors (Lipinski definition) is 4. The van der Waals surface area contributed by atoms with Crippen molar-refractivity contribution in [1.82, 2.24) is 10.6 Å². The molecule has 1 aromatic rings. The van der Waals surface area contributed by atoms with Crippen LogP contribution in [0.15, 0.2) is 24.3 Å². The van der Waals surface area contributed by atoms with Crippen molar-refractivity contribution in [2.45, 2.75) is 43.7 Å². The summed E-state index contributed by atoms with van der Waals surface area (Å²) in [4.78, 5) is 35.7. The number of rotatable bonds is 6. The molecule has 1 aliphatic heterocycles. The fourth-order valence-electron chi connectivity index (χ4n) is 2.98. The molecule has 7 nitrogen and oxygen atoms in total. The topological polar surface area (TPSA) is 105 Å². The van der Waals surface area contributed by atoms with Gasteiger partial charge in [0.15, 0.2) is 0 Å². The Balaban J connectivity index is 1.66. The fraction of sp³-hybridized carbons (Fsp3) is 0.500. The van der Waals surface area contributed by atoms with E-state index >= 15 is 0 Å². The Kier molecular flexibility index (Phi) is 5.03. The maximum Gasteiger partial charge on any atom is 0.305 e. The maximum absolute atomic E-state index is 12.5. The van der Waals surface area contributed by atoms with E-state index in [-0.39, 0.29) is 24.3 Å². The van der Waals surface area contributed by atoms with E-state index in [4.69, 9.17) is 9.84 Å². The third-order valence-corrected chi connectivity index (χ3v) is 4.64. The molecule has 1 heterocycles. The van der Waals surface area contributed by atoms with E-state index in [9.17, 15) is 14.4 Å². The summed E-state index contributed by atoms with van der Waals surface area (Å²) in [5, 5.41) is 14.9. The minimum atomic E-state index is -0.950. The van der Waals surface area contributed by atoms with Crippen molar-refractivity contribution in [2.24, 2.45) is 0 Å². The molecule has 1 saturated carbocycles. The maximum atomic E-state index is 12.5. The summed E-state index contributed by atoms with van der Waals surface area (Å²) >= 11 is 0. The molecule has 0 aromatic heterocycles. The summed E-state index contributed by atoms with van der Waals surface area (Å²) in [5.41, 5.74) is 0.123. The monoisotopic (exact) mass is 346 g/mol. The van der Waals surface area contributed by atoms with E-state index in [0.717, 1.165) is 12.8 Å². The van der Waals surface area contributed by atoms with Gasteiger partial charge >= 0.3 is 5.97 Å². The van der Waals surface area contributed by atoms with Crippen molar-refractivity contribution >= 4 is 17.8 Å². The Hall–Kier alpha value is -2.41. The van der Waals surface area contributed by atoms with E-state index in [1.165, 1.54) is 0 Å². The lowest BCUT2D eigenvalue weighted by Gasteiger charge is -2.36. The number of aliphatic carboxylic acids is 1. The Labute approximate surface area is 145 Å². The van der Waals surface area contributed by atoms with Crippen LogP contribution in [0.3, 0.4) is 0 Å². The van der Waals surface area contributed by atoms with Crippen molar-refractivity contribution in [3.63, 3.8) is 0 Å². The van der Waals surface area contributed by atoms with Crippen LogP contribution in [0.4, 0.5) is 0 Å². The Morgan fingerprint density at radius 1 is 1.04 bits per heavy atom. The van der Waals surface area contributed by atoms with E-state index in [2.05, 4.69) is 10.6 Å². The van der Waals surface area contributed by atoms with Crippen molar-refractivity contribution in [1.29, 1.82) is 0 Å². The van der Waals surface area contributed by atoms with Gasteiger partial charge in [0, 0.05) is 30.4 Å².